The average Bonchev–Trinajstić information content (AvgIpc) is 3.39. The standard InChI is InChI=1S/C22H16ClN3O5/c23-10-1-3-14(17(7-10)26(29)30)18-6-2-11(31-18)9-24-25-21(27)19-12-4-5-13(16-8-15(12)16)20(19)22(25)28/h1-7,9,12-13,15-16,19-20H,8H2/b24-9-/t12-,13-,15-,16-,19+,20+/m0/s1. The summed E-state index contributed by atoms with van der Waals surface area (Å²) in [5.74, 6) is 0.736. The summed E-state index contributed by atoms with van der Waals surface area (Å²) in [4.78, 5) is 36.7. The summed E-state index contributed by atoms with van der Waals surface area (Å²) in [6, 6.07) is 7.45. The van der Waals surface area contributed by atoms with E-state index in [2.05, 4.69) is 17.3 Å². The Bertz CT molecular complexity index is 1180. The van der Waals surface area contributed by atoms with E-state index in [4.69, 9.17) is 16.0 Å². The molecule has 1 aliphatic heterocycles. The van der Waals surface area contributed by atoms with Gasteiger partial charge in [-0.1, -0.05) is 23.8 Å². The van der Waals surface area contributed by atoms with Crippen molar-refractivity contribution in [1.82, 2.24) is 5.01 Å². The highest BCUT2D eigenvalue weighted by Gasteiger charge is 2.67. The van der Waals surface area contributed by atoms with Gasteiger partial charge in [-0.15, -0.1) is 0 Å². The smallest absolute Gasteiger partial charge is 0.281 e. The fraction of sp³-hybridized carbons (Fsp3) is 0.318. The first kappa shape index (κ1) is 18.5. The fourth-order valence-electron chi connectivity index (χ4n) is 5.60. The lowest BCUT2D eigenvalue weighted by Gasteiger charge is -2.37. The van der Waals surface area contributed by atoms with Crippen molar-refractivity contribution < 1.29 is 18.9 Å². The molecule has 7 rings (SSSR count). The molecule has 1 saturated heterocycles. The van der Waals surface area contributed by atoms with Gasteiger partial charge in [-0.3, -0.25) is 19.7 Å². The number of rotatable bonds is 4. The molecule has 0 radical (unpaired) electrons. The van der Waals surface area contributed by atoms with Gasteiger partial charge < -0.3 is 4.42 Å². The molecule has 2 aromatic rings. The van der Waals surface area contributed by atoms with Crippen molar-refractivity contribution in [2.45, 2.75) is 6.42 Å². The van der Waals surface area contributed by atoms with Crippen LogP contribution in [0.1, 0.15) is 12.2 Å². The van der Waals surface area contributed by atoms with E-state index in [0.29, 0.717) is 11.8 Å². The van der Waals surface area contributed by atoms with Crippen molar-refractivity contribution in [1.29, 1.82) is 0 Å². The maximum atomic E-state index is 12.9. The number of nitro benzene ring substituents is 1. The largest absolute Gasteiger partial charge is 0.455 e. The first-order chi connectivity index (χ1) is 14.9. The number of imide groups is 1. The van der Waals surface area contributed by atoms with Crippen LogP contribution in [-0.4, -0.2) is 28.0 Å². The Balaban J connectivity index is 1.26. The van der Waals surface area contributed by atoms with Crippen molar-refractivity contribution in [3.8, 4) is 11.3 Å². The Labute approximate surface area is 181 Å². The monoisotopic (exact) mass is 437 g/mol. The van der Waals surface area contributed by atoms with Gasteiger partial charge in [-0.05, 0) is 54.4 Å². The van der Waals surface area contributed by atoms with E-state index >= 15 is 0 Å². The normalized spacial score (nSPS) is 32.6. The van der Waals surface area contributed by atoms with Gasteiger partial charge >= 0.3 is 0 Å². The van der Waals surface area contributed by atoms with Crippen molar-refractivity contribution in [2.24, 2.45) is 40.6 Å². The van der Waals surface area contributed by atoms with Crippen LogP contribution < -0.4 is 0 Å². The summed E-state index contributed by atoms with van der Waals surface area (Å²) in [6.07, 6.45) is 6.62. The summed E-state index contributed by atoms with van der Waals surface area (Å²) in [5.41, 5.74) is 0.0936. The number of furan rings is 1. The number of nitrogens with zero attached hydrogens (tertiary/aromatic N) is 3. The molecule has 0 spiro atoms. The highest BCUT2D eigenvalue weighted by molar-refractivity contribution is 6.30. The molecule has 2 saturated carbocycles. The van der Waals surface area contributed by atoms with E-state index in [0.717, 1.165) is 11.4 Å². The topological polar surface area (TPSA) is 106 Å². The highest BCUT2D eigenvalue weighted by Crippen LogP contribution is 2.65. The molecule has 2 bridgehead atoms. The number of nitro groups is 1. The molecule has 31 heavy (non-hydrogen) atoms. The van der Waals surface area contributed by atoms with Crippen molar-refractivity contribution in [3.05, 3.63) is 63.4 Å². The summed E-state index contributed by atoms with van der Waals surface area (Å²) >= 11 is 5.86. The highest BCUT2D eigenvalue weighted by atomic mass is 35.5. The molecule has 4 aliphatic carbocycles. The lowest BCUT2D eigenvalue weighted by molar-refractivity contribution is -0.384. The summed E-state index contributed by atoms with van der Waals surface area (Å²) in [7, 11) is 0. The molecule has 2 heterocycles. The number of halogens is 1. The maximum Gasteiger partial charge on any atom is 0.281 e. The number of allylic oxidation sites excluding steroid dienone is 2. The number of hydrogen-bond acceptors (Lipinski definition) is 6. The molecule has 8 nitrogen and oxygen atoms in total. The van der Waals surface area contributed by atoms with Crippen LogP contribution in [0.15, 0.2) is 52.0 Å². The molecular formula is C22H16ClN3O5. The number of hydrazone groups is 1. The molecule has 1 aromatic carbocycles. The Morgan fingerprint density at radius 1 is 1.10 bits per heavy atom. The second kappa shape index (κ2) is 6.37. The predicted octanol–water partition coefficient (Wildman–Crippen LogP) is 3.90. The van der Waals surface area contributed by atoms with Crippen LogP contribution in [0, 0.1) is 45.6 Å². The lowest BCUT2D eigenvalue weighted by atomic mass is 9.63. The molecule has 9 heteroatoms. The van der Waals surface area contributed by atoms with Gasteiger partial charge in [0.1, 0.15) is 11.5 Å². The third-order valence-electron chi connectivity index (χ3n) is 6.99. The van der Waals surface area contributed by atoms with Crippen molar-refractivity contribution in [2.75, 3.05) is 0 Å². The first-order valence-electron chi connectivity index (χ1n) is 10.1. The third kappa shape index (κ3) is 2.64. The van der Waals surface area contributed by atoms with Crippen LogP contribution in [0.5, 0.6) is 0 Å². The second-order valence-corrected chi connectivity index (χ2v) is 8.94. The Kier molecular flexibility index (Phi) is 3.80. The molecule has 3 fully saturated rings. The molecule has 1 aromatic heterocycles. The minimum atomic E-state index is -0.534. The van der Waals surface area contributed by atoms with Gasteiger partial charge in [-0.25, -0.2) is 0 Å². The quantitative estimate of drug-likeness (QED) is 0.237. The zero-order valence-corrected chi connectivity index (χ0v) is 16.8. The molecule has 2 amide bonds. The van der Waals surface area contributed by atoms with Gasteiger partial charge in [-0.2, -0.15) is 10.1 Å². The van der Waals surface area contributed by atoms with Gasteiger partial charge in [0.2, 0.25) is 0 Å². The number of benzene rings is 1. The van der Waals surface area contributed by atoms with E-state index in [9.17, 15) is 19.7 Å². The van der Waals surface area contributed by atoms with Crippen molar-refractivity contribution in [3.63, 3.8) is 0 Å². The minimum absolute atomic E-state index is 0.136. The van der Waals surface area contributed by atoms with Crippen LogP contribution in [-0.2, 0) is 9.59 Å². The number of carbonyl (C=O) groups is 2. The molecule has 5 aliphatic rings. The number of amides is 2. The minimum Gasteiger partial charge on any atom is -0.455 e. The van der Waals surface area contributed by atoms with Crippen LogP contribution >= 0.6 is 11.6 Å². The number of hydrogen-bond donors (Lipinski definition) is 0. The first-order valence-corrected chi connectivity index (χ1v) is 10.5. The maximum absolute atomic E-state index is 12.9. The lowest BCUT2D eigenvalue weighted by Crippen LogP contribution is -2.40. The molecule has 0 N–H and O–H groups in total. The van der Waals surface area contributed by atoms with E-state index < -0.39 is 4.92 Å². The SMILES string of the molecule is O=C1[C@@H]2[C@H]3C=C[C@@H]([C@@H]4C[C@@H]34)[C@H]2C(=O)N1/N=C\c1ccc(-c2ccc(Cl)cc2[N+](=O)[O-])o1. The van der Waals surface area contributed by atoms with Crippen molar-refractivity contribution >= 4 is 35.3 Å². The Morgan fingerprint density at radius 3 is 2.42 bits per heavy atom. The van der Waals surface area contributed by atoms with Crippen LogP contribution in [0.25, 0.3) is 11.3 Å². The van der Waals surface area contributed by atoms with E-state index in [-0.39, 0.29) is 63.3 Å². The molecule has 0 unspecified atom stereocenters. The van der Waals surface area contributed by atoms with Crippen LogP contribution in [0.2, 0.25) is 5.02 Å². The Morgan fingerprint density at radius 2 is 1.77 bits per heavy atom. The van der Waals surface area contributed by atoms with Gasteiger partial charge in [0, 0.05) is 11.1 Å². The van der Waals surface area contributed by atoms with E-state index in [1.807, 2.05) is 0 Å². The second-order valence-electron chi connectivity index (χ2n) is 8.51. The summed E-state index contributed by atoms with van der Waals surface area (Å²) < 4.78 is 5.67. The Hall–Kier alpha value is -3.26. The zero-order chi connectivity index (χ0) is 21.4. The third-order valence-corrected chi connectivity index (χ3v) is 7.22. The van der Waals surface area contributed by atoms with E-state index in [1.165, 1.54) is 24.4 Å². The predicted molar refractivity (Wildman–Crippen MR) is 110 cm³/mol. The fourth-order valence-corrected chi connectivity index (χ4v) is 5.77. The summed E-state index contributed by atoms with van der Waals surface area (Å²) in [6.45, 7) is 0. The average molecular weight is 438 g/mol. The van der Waals surface area contributed by atoms with Gasteiger partial charge in [0.15, 0.2) is 0 Å². The van der Waals surface area contributed by atoms with Gasteiger partial charge in [0.25, 0.3) is 17.5 Å². The van der Waals surface area contributed by atoms with Crippen LogP contribution in [0.3, 0.4) is 0 Å². The van der Waals surface area contributed by atoms with Gasteiger partial charge in [0.05, 0.1) is 28.5 Å². The number of carbonyl (C=O) groups excluding carboxylic acids is 2. The summed E-state index contributed by atoms with van der Waals surface area (Å²) in [5, 5.41) is 16.7. The molecule has 6 atom stereocenters. The van der Waals surface area contributed by atoms with E-state index in [1.54, 1.807) is 12.1 Å². The zero-order valence-electron chi connectivity index (χ0n) is 16.1. The molecular weight excluding hydrogens is 422 g/mol. The molecule has 156 valence electrons. The van der Waals surface area contributed by atoms with Crippen LogP contribution in [0.4, 0.5) is 5.69 Å².